The molecule has 0 aliphatic carbocycles. The fraction of sp³-hybridized carbons (Fsp3) is 0.167. The van der Waals surface area contributed by atoms with Gasteiger partial charge in [0.05, 0.1) is 22.1 Å². The Kier molecular flexibility index (Phi) is 3.96. The fourth-order valence-electron chi connectivity index (χ4n) is 1.76. The van der Waals surface area contributed by atoms with Crippen LogP contribution in [0.5, 0.6) is 0 Å². The molecule has 0 saturated heterocycles. The molecule has 0 aliphatic heterocycles. The molecule has 0 aliphatic rings. The summed E-state index contributed by atoms with van der Waals surface area (Å²) in [5, 5.41) is 10.7. The molecule has 0 saturated carbocycles. The summed E-state index contributed by atoms with van der Waals surface area (Å²) in [5.41, 5.74) is 4.94. The summed E-state index contributed by atoms with van der Waals surface area (Å²) in [5.74, 6) is 0.452. The second-order valence-electron chi connectivity index (χ2n) is 4.34. The zero-order chi connectivity index (χ0) is 15.6. The number of nitro benzene ring substituents is 1. The van der Waals surface area contributed by atoms with E-state index in [0.717, 1.165) is 18.2 Å². The number of rotatable bonds is 5. The van der Waals surface area contributed by atoms with Gasteiger partial charge in [0.2, 0.25) is 10.0 Å². The molecule has 0 bridgehead atoms. The number of nitrogens with one attached hydrogen (secondary N) is 1. The molecule has 1 atom stereocenters. The van der Waals surface area contributed by atoms with E-state index in [9.17, 15) is 18.5 Å². The summed E-state index contributed by atoms with van der Waals surface area (Å²) in [4.78, 5) is 9.84. The van der Waals surface area contributed by atoms with Gasteiger partial charge in [-0.2, -0.15) is 0 Å². The van der Waals surface area contributed by atoms with E-state index < -0.39 is 21.0 Å². The van der Waals surface area contributed by atoms with E-state index in [0.29, 0.717) is 5.76 Å². The molecular weight excluding hydrogens is 298 g/mol. The minimum Gasteiger partial charge on any atom is -0.468 e. The summed E-state index contributed by atoms with van der Waals surface area (Å²) in [7, 11) is -3.86. The summed E-state index contributed by atoms with van der Waals surface area (Å²) in [6.45, 7) is 1.62. The van der Waals surface area contributed by atoms with E-state index in [1.807, 2.05) is 0 Å². The molecule has 0 fully saturated rings. The molecule has 21 heavy (non-hydrogen) atoms. The van der Waals surface area contributed by atoms with Gasteiger partial charge in [0.15, 0.2) is 0 Å². The Morgan fingerprint density at radius 3 is 2.62 bits per heavy atom. The number of hydrogen-bond acceptors (Lipinski definition) is 6. The highest BCUT2D eigenvalue weighted by Crippen LogP contribution is 2.25. The van der Waals surface area contributed by atoms with Gasteiger partial charge in [0.1, 0.15) is 11.4 Å². The van der Waals surface area contributed by atoms with Crippen LogP contribution in [0.25, 0.3) is 0 Å². The quantitative estimate of drug-likeness (QED) is 0.492. The van der Waals surface area contributed by atoms with Crippen molar-refractivity contribution in [1.29, 1.82) is 0 Å². The molecule has 3 N–H and O–H groups in total. The number of anilines is 1. The first-order chi connectivity index (χ1) is 9.81. The van der Waals surface area contributed by atoms with Crippen LogP contribution in [0.3, 0.4) is 0 Å². The smallest absolute Gasteiger partial charge is 0.292 e. The van der Waals surface area contributed by atoms with Crippen molar-refractivity contribution in [3.05, 3.63) is 52.5 Å². The van der Waals surface area contributed by atoms with Crippen molar-refractivity contribution in [2.45, 2.75) is 17.9 Å². The molecular formula is C12H13N3O5S. The Balaban J connectivity index is 2.28. The van der Waals surface area contributed by atoms with E-state index in [1.54, 1.807) is 19.1 Å². The van der Waals surface area contributed by atoms with Crippen molar-refractivity contribution in [2.24, 2.45) is 0 Å². The lowest BCUT2D eigenvalue weighted by Gasteiger charge is -2.12. The fourth-order valence-corrected chi connectivity index (χ4v) is 3.01. The van der Waals surface area contributed by atoms with Crippen LogP contribution in [-0.2, 0) is 10.0 Å². The van der Waals surface area contributed by atoms with Crippen LogP contribution in [0.4, 0.5) is 11.4 Å². The lowest BCUT2D eigenvalue weighted by Crippen LogP contribution is -2.26. The maximum Gasteiger partial charge on any atom is 0.292 e. The summed E-state index contributed by atoms with van der Waals surface area (Å²) >= 11 is 0. The van der Waals surface area contributed by atoms with E-state index in [4.69, 9.17) is 10.2 Å². The number of nitrogens with zero attached hydrogens (tertiary/aromatic N) is 1. The average Bonchev–Trinajstić information content (AvgIpc) is 2.91. The maximum atomic E-state index is 12.2. The lowest BCUT2D eigenvalue weighted by atomic mass is 10.3. The first kappa shape index (κ1) is 15.0. The van der Waals surface area contributed by atoms with Gasteiger partial charge in [-0.3, -0.25) is 10.1 Å². The topological polar surface area (TPSA) is 128 Å². The van der Waals surface area contributed by atoms with Gasteiger partial charge in [-0.05, 0) is 31.2 Å². The van der Waals surface area contributed by atoms with Crippen LogP contribution in [0.1, 0.15) is 18.7 Å². The summed E-state index contributed by atoms with van der Waals surface area (Å²) in [6.07, 6.45) is 1.43. The van der Waals surface area contributed by atoms with Gasteiger partial charge >= 0.3 is 0 Å². The minimum absolute atomic E-state index is 0.149. The number of hydrogen-bond donors (Lipinski definition) is 2. The van der Waals surface area contributed by atoms with Gasteiger partial charge in [-0.25, -0.2) is 13.1 Å². The number of nitro groups is 1. The normalized spacial score (nSPS) is 13.0. The molecule has 112 valence electrons. The lowest BCUT2D eigenvalue weighted by molar-refractivity contribution is -0.383. The zero-order valence-corrected chi connectivity index (χ0v) is 11.8. The Morgan fingerprint density at radius 2 is 2.10 bits per heavy atom. The molecule has 1 heterocycles. The van der Waals surface area contributed by atoms with Crippen LogP contribution in [0.2, 0.25) is 0 Å². The van der Waals surface area contributed by atoms with Crippen LogP contribution < -0.4 is 10.5 Å². The zero-order valence-electron chi connectivity index (χ0n) is 11.0. The summed E-state index contributed by atoms with van der Waals surface area (Å²) < 4.78 is 31.9. The van der Waals surface area contributed by atoms with Crippen molar-refractivity contribution < 1.29 is 17.8 Å². The Labute approximate surface area is 120 Å². The van der Waals surface area contributed by atoms with Crippen LogP contribution in [-0.4, -0.2) is 13.3 Å². The highest BCUT2D eigenvalue weighted by molar-refractivity contribution is 7.89. The third-order valence-corrected chi connectivity index (χ3v) is 4.35. The molecule has 2 aromatic rings. The SMILES string of the molecule is CC(NS(=O)(=O)c1ccc([N+](=O)[O-])c(N)c1)c1ccco1. The second-order valence-corrected chi connectivity index (χ2v) is 6.05. The van der Waals surface area contributed by atoms with E-state index in [1.165, 1.54) is 6.26 Å². The maximum absolute atomic E-state index is 12.2. The predicted octanol–water partition coefficient (Wildman–Crippen LogP) is 1.81. The molecule has 0 radical (unpaired) electrons. The number of furan rings is 1. The summed E-state index contributed by atoms with van der Waals surface area (Å²) in [6, 6.07) is 5.94. The molecule has 0 amide bonds. The average molecular weight is 311 g/mol. The molecule has 0 spiro atoms. The van der Waals surface area contributed by atoms with Crippen molar-refractivity contribution in [3.8, 4) is 0 Å². The molecule has 1 unspecified atom stereocenters. The number of sulfonamides is 1. The predicted molar refractivity (Wildman–Crippen MR) is 75.0 cm³/mol. The Morgan fingerprint density at radius 1 is 1.38 bits per heavy atom. The Bertz CT molecular complexity index is 755. The highest BCUT2D eigenvalue weighted by Gasteiger charge is 2.22. The molecule has 2 rings (SSSR count). The van der Waals surface area contributed by atoms with Crippen LogP contribution in [0.15, 0.2) is 45.9 Å². The first-order valence-corrected chi connectivity index (χ1v) is 7.39. The largest absolute Gasteiger partial charge is 0.468 e. The van der Waals surface area contributed by atoms with Crippen molar-refractivity contribution in [3.63, 3.8) is 0 Å². The Hall–Kier alpha value is -2.39. The minimum atomic E-state index is -3.86. The highest BCUT2D eigenvalue weighted by atomic mass is 32.2. The first-order valence-electron chi connectivity index (χ1n) is 5.91. The van der Waals surface area contributed by atoms with E-state index in [2.05, 4.69) is 4.72 Å². The van der Waals surface area contributed by atoms with E-state index in [-0.39, 0.29) is 16.3 Å². The van der Waals surface area contributed by atoms with E-state index >= 15 is 0 Å². The second kappa shape index (κ2) is 5.54. The molecule has 9 heteroatoms. The van der Waals surface area contributed by atoms with Gasteiger partial charge in [-0.1, -0.05) is 0 Å². The van der Waals surface area contributed by atoms with Crippen LogP contribution >= 0.6 is 0 Å². The van der Waals surface area contributed by atoms with Crippen molar-refractivity contribution >= 4 is 21.4 Å². The van der Waals surface area contributed by atoms with Gasteiger partial charge in [0.25, 0.3) is 5.69 Å². The van der Waals surface area contributed by atoms with Gasteiger partial charge < -0.3 is 10.2 Å². The van der Waals surface area contributed by atoms with Gasteiger partial charge in [0, 0.05) is 6.07 Å². The monoisotopic (exact) mass is 311 g/mol. The van der Waals surface area contributed by atoms with Crippen molar-refractivity contribution in [2.75, 3.05) is 5.73 Å². The molecule has 8 nitrogen and oxygen atoms in total. The van der Waals surface area contributed by atoms with Crippen molar-refractivity contribution in [1.82, 2.24) is 4.72 Å². The number of nitrogen functional groups attached to an aromatic ring is 1. The number of benzene rings is 1. The third-order valence-electron chi connectivity index (χ3n) is 2.81. The van der Waals surface area contributed by atoms with Gasteiger partial charge in [-0.15, -0.1) is 0 Å². The molecule has 1 aromatic carbocycles. The number of nitrogens with two attached hydrogens (primary N) is 1. The van der Waals surface area contributed by atoms with Crippen LogP contribution in [0, 0.1) is 10.1 Å². The third kappa shape index (κ3) is 3.20. The standard InChI is InChI=1S/C12H13N3O5S/c1-8(12-3-2-6-20-12)14-21(18,19)9-4-5-11(15(16)17)10(13)7-9/h2-8,14H,13H2,1H3. The molecule has 1 aromatic heterocycles.